The molecule has 1 saturated heterocycles. The topological polar surface area (TPSA) is 24.1 Å². The van der Waals surface area contributed by atoms with Gasteiger partial charge in [0, 0.05) is 27.2 Å². The Morgan fingerprint density at radius 1 is 1.33 bits per heavy atom. The number of halogens is 2. The molecule has 2 N–H and O–H groups in total. The first-order valence-corrected chi connectivity index (χ1v) is 6.76. The number of piperidine rings is 1. The molecule has 1 aliphatic heterocycles. The monoisotopic (exact) mass is 332 g/mol. The Hall–Kier alpha value is -0.0600. The van der Waals surface area contributed by atoms with Crippen molar-refractivity contribution in [1.82, 2.24) is 5.32 Å². The maximum absolute atomic E-state index is 3.56. The highest BCUT2D eigenvalue weighted by Crippen LogP contribution is 2.27. The fourth-order valence-corrected chi connectivity index (χ4v) is 2.96. The Labute approximate surface area is 107 Å². The smallest absolute Gasteiger partial charge is 0.0488 e. The third-order valence-corrected chi connectivity index (χ3v) is 3.74. The molecule has 82 valence electrons. The number of benzene rings is 1. The van der Waals surface area contributed by atoms with Crippen molar-refractivity contribution in [2.75, 3.05) is 18.4 Å². The van der Waals surface area contributed by atoms with E-state index in [4.69, 9.17) is 0 Å². The summed E-state index contributed by atoms with van der Waals surface area (Å²) < 4.78 is 2.21. The van der Waals surface area contributed by atoms with Crippen LogP contribution in [-0.4, -0.2) is 19.1 Å². The molecule has 0 aliphatic carbocycles. The molecule has 1 fully saturated rings. The Bertz CT molecular complexity index is 335. The molecule has 0 radical (unpaired) electrons. The lowest BCUT2D eigenvalue weighted by Crippen LogP contribution is -2.38. The molecular weight excluding hydrogens is 320 g/mol. The molecule has 2 nitrogen and oxygen atoms in total. The van der Waals surface area contributed by atoms with E-state index in [1.165, 1.54) is 18.5 Å². The predicted octanol–water partition coefficient (Wildman–Crippen LogP) is 3.38. The minimum Gasteiger partial charge on any atom is -0.380 e. The quantitative estimate of drug-likeness (QED) is 0.867. The maximum Gasteiger partial charge on any atom is 0.0488 e. The van der Waals surface area contributed by atoms with Gasteiger partial charge in [0.2, 0.25) is 0 Å². The molecule has 1 unspecified atom stereocenters. The zero-order chi connectivity index (χ0) is 10.7. The van der Waals surface area contributed by atoms with Crippen LogP contribution >= 0.6 is 31.9 Å². The summed E-state index contributed by atoms with van der Waals surface area (Å²) in [6, 6.07) is 6.78. The van der Waals surface area contributed by atoms with Crippen molar-refractivity contribution in [2.45, 2.75) is 18.9 Å². The highest BCUT2D eigenvalue weighted by molar-refractivity contribution is 9.11. The minimum atomic E-state index is 0.552. The fraction of sp³-hybridized carbons (Fsp3) is 0.455. The number of rotatable bonds is 2. The van der Waals surface area contributed by atoms with Crippen LogP contribution in [0.25, 0.3) is 0 Å². The second-order valence-corrected chi connectivity index (χ2v) is 5.58. The van der Waals surface area contributed by atoms with Gasteiger partial charge >= 0.3 is 0 Å². The zero-order valence-corrected chi connectivity index (χ0v) is 11.6. The van der Waals surface area contributed by atoms with Gasteiger partial charge in [0.05, 0.1) is 0 Å². The summed E-state index contributed by atoms with van der Waals surface area (Å²) in [5.74, 6) is 0. The molecule has 15 heavy (non-hydrogen) atoms. The summed E-state index contributed by atoms with van der Waals surface area (Å²) >= 11 is 7.01. The fourth-order valence-electron chi connectivity index (χ4n) is 1.80. The molecule has 0 saturated carbocycles. The van der Waals surface area contributed by atoms with Crippen molar-refractivity contribution in [2.24, 2.45) is 0 Å². The first-order valence-electron chi connectivity index (χ1n) is 5.18. The van der Waals surface area contributed by atoms with Crippen molar-refractivity contribution in [3.05, 3.63) is 27.1 Å². The second kappa shape index (κ2) is 5.32. The molecule has 2 rings (SSSR count). The van der Waals surface area contributed by atoms with E-state index in [2.05, 4.69) is 60.7 Å². The van der Waals surface area contributed by atoms with Gasteiger partial charge in [0.15, 0.2) is 0 Å². The summed E-state index contributed by atoms with van der Waals surface area (Å²) in [5, 5.41) is 6.94. The van der Waals surface area contributed by atoms with Crippen molar-refractivity contribution in [1.29, 1.82) is 0 Å². The van der Waals surface area contributed by atoms with E-state index >= 15 is 0 Å². The lowest BCUT2D eigenvalue weighted by Gasteiger charge is -2.25. The molecule has 1 heterocycles. The van der Waals surface area contributed by atoms with Gasteiger partial charge in [-0.05, 0) is 53.5 Å². The Kier molecular flexibility index (Phi) is 4.05. The van der Waals surface area contributed by atoms with Gasteiger partial charge in [-0.15, -0.1) is 0 Å². The lowest BCUT2D eigenvalue weighted by atomic mass is 10.1. The Morgan fingerprint density at radius 3 is 2.87 bits per heavy atom. The predicted molar refractivity (Wildman–Crippen MR) is 71.4 cm³/mol. The molecule has 0 aromatic heterocycles. The lowest BCUT2D eigenvalue weighted by molar-refractivity contribution is 0.480. The third-order valence-electron chi connectivity index (χ3n) is 2.59. The van der Waals surface area contributed by atoms with Crippen LogP contribution in [0.2, 0.25) is 0 Å². The largest absolute Gasteiger partial charge is 0.380 e. The van der Waals surface area contributed by atoms with Crippen molar-refractivity contribution in [3.8, 4) is 0 Å². The minimum absolute atomic E-state index is 0.552. The summed E-state index contributed by atoms with van der Waals surface area (Å²) in [5.41, 5.74) is 1.17. The third kappa shape index (κ3) is 3.20. The molecule has 1 atom stereocenters. The van der Waals surface area contributed by atoms with Gasteiger partial charge in [-0.25, -0.2) is 0 Å². The van der Waals surface area contributed by atoms with Crippen molar-refractivity contribution < 1.29 is 0 Å². The molecule has 0 bridgehead atoms. The summed E-state index contributed by atoms with van der Waals surface area (Å²) in [6.07, 6.45) is 2.50. The van der Waals surface area contributed by atoms with E-state index in [9.17, 15) is 0 Å². The summed E-state index contributed by atoms with van der Waals surface area (Å²) in [6.45, 7) is 2.21. The van der Waals surface area contributed by atoms with E-state index < -0.39 is 0 Å². The van der Waals surface area contributed by atoms with Crippen LogP contribution in [0.5, 0.6) is 0 Å². The molecule has 1 aromatic carbocycles. The van der Waals surface area contributed by atoms with Crippen molar-refractivity contribution in [3.63, 3.8) is 0 Å². The van der Waals surface area contributed by atoms with Crippen molar-refractivity contribution >= 4 is 37.5 Å². The number of hydrogen-bond acceptors (Lipinski definition) is 2. The standard InChI is InChI=1S/C11H14Br2N2/c12-8-3-4-11(10(13)6-8)15-9-2-1-5-14-7-9/h3-4,6,9,14-15H,1-2,5,7H2. The van der Waals surface area contributed by atoms with Crippen LogP contribution in [0.1, 0.15) is 12.8 Å². The van der Waals surface area contributed by atoms with Crippen LogP contribution in [0, 0.1) is 0 Å². The molecule has 4 heteroatoms. The summed E-state index contributed by atoms with van der Waals surface area (Å²) in [4.78, 5) is 0. The first-order chi connectivity index (χ1) is 7.25. The van der Waals surface area contributed by atoms with Gasteiger partial charge in [0.25, 0.3) is 0 Å². The van der Waals surface area contributed by atoms with Gasteiger partial charge in [-0.1, -0.05) is 15.9 Å². The molecule has 1 aliphatic rings. The van der Waals surface area contributed by atoms with Crippen LogP contribution in [0.4, 0.5) is 5.69 Å². The first kappa shape index (κ1) is 11.4. The number of anilines is 1. The normalized spacial score (nSPS) is 21.3. The molecule has 1 aromatic rings. The highest BCUT2D eigenvalue weighted by atomic mass is 79.9. The van der Waals surface area contributed by atoms with Gasteiger partial charge in [-0.2, -0.15) is 0 Å². The summed E-state index contributed by atoms with van der Waals surface area (Å²) in [7, 11) is 0. The SMILES string of the molecule is Brc1ccc(NC2CCCNC2)c(Br)c1. The van der Waals surface area contributed by atoms with Crippen LogP contribution < -0.4 is 10.6 Å². The number of nitrogens with one attached hydrogen (secondary N) is 2. The van der Waals surface area contributed by atoms with E-state index in [-0.39, 0.29) is 0 Å². The van der Waals surface area contributed by atoms with Crippen LogP contribution in [0.3, 0.4) is 0 Å². The number of hydrogen-bond donors (Lipinski definition) is 2. The van der Waals surface area contributed by atoms with Gasteiger partial charge in [0.1, 0.15) is 0 Å². The van der Waals surface area contributed by atoms with E-state index in [1.807, 2.05) is 0 Å². The average molecular weight is 334 g/mol. The second-order valence-electron chi connectivity index (χ2n) is 3.81. The highest BCUT2D eigenvalue weighted by Gasteiger charge is 2.13. The van der Waals surface area contributed by atoms with Gasteiger partial charge < -0.3 is 10.6 Å². The molecule has 0 spiro atoms. The van der Waals surface area contributed by atoms with E-state index in [0.29, 0.717) is 6.04 Å². The Balaban J connectivity index is 2.03. The van der Waals surface area contributed by atoms with E-state index in [0.717, 1.165) is 22.0 Å². The maximum atomic E-state index is 3.56. The average Bonchev–Trinajstić information content (AvgIpc) is 2.24. The van der Waals surface area contributed by atoms with Crippen LogP contribution in [-0.2, 0) is 0 Å². The van der Waals surface area contributed by atoms with Crippen LogP contribution in [0.15, 0.2) is 27.1 Å². The van der Waals surface area contributed by atoms with E-state index in [1.54, 1.807) is 0 Å². The van der Waals surface area contributed by atoms with Gasteiger partial charge in [-0.3, -0.25) is 0 Å². The zero-order valence-electron chi connectivity index (χ0n) is 8.39. The molecule has 0 amide bonds. The Morgan fingerprint density at radius 2 is 2.20 bits per heavy atom. The molecular formula is C11H14Br2N2.